The molecule has 0 unspecified atom stereocenters. The maximum Gasteiger partial charge on any atom is 0.156 e. The van der Waals surface area contributed by atoms with Crippen LogP contribution in [0.1, 0.15) is 5.56 Å². The molecule has 0 aliphatic carbocycles. The Morgan fingerprint density at radius 1 is 0.952 bits per heavy atom. The normalized spacial score (nSPS) is 10.8. The number of anilines is 1. The molecule has 2 aromatic carbocycles. The topological polar surface area (TPSA) is 58.0 Å². The molecule has 0 fully saturated rings. The van der Waals surface area contributed by atoms with Crippen LogP contribution < -0.4 is 5.32 Å². The van der Waals surface area contributed by atoms with Crippen LogP contribution in [-0.2, 0) is 0 Å². The second-order valence-corrected chi connectivity index (χ2v) is 4.96. The number of fused-ring (bicyclic) bond motifs is 1. The third kappa shape index (κ3) is 2.71. The summed E-state index contributed by atoms with van der Waals surface area (Å²) in [6, 6.07) is 16.3. The number of aryl methyl sites for hydroxylation is 1. The lowest BCUT2D eigenvalue weighted by Crippen LogP contribution is -2.08. The molecule has 2 N–H and O–H groups in total. The summed E-state index contributed by atoms with van der Waals surface area (Å²) >= 11 is 0. The van der Waals surface area contributed by atoms with Crippen molar-refractivity contribution in [2.45, 2.75) is 6.92 Å². The molecule has 3 aromatic rings. The van der Waals surface area contributed by atoms with Crippen molar-refractivity contribution in [3.05, 3.63) is 54.1 Å². The molecule has 1 heterocycles. The number of nitrogens with zero attached hydrogens (tertiary/aromatic N) is 2. The van der Waals surface area contributed by atoms with Crippen LogP contribution in [0.3, 0.4) is 0 Å². The van der Waals surface area contributed by atoms with Gasteiger partial charge in [-0.05, 0) is 6.92 Å². The number of nitrogens with one attached hydrogen (secondary N) is 1. The highest BCUT2D eigenvalue weighted by Crippen LogP contribution is 2.29. The van der Waals surface area contributed by atoms with Crippen LogP contribution in [0.15, 0.2) is 48.5 Å². The summed E-state index contributed by atoms with van der Waals surface area (Å²) in [5.74, 6) is 0.704. The highest BCUT2D eigenvalue weighted by atomic mass is 16.3. The zero-order valence-corrected chi connectivity index (χ0v) is 11.9. The highest BCUT2D eigenvalue weighted by Gasteiger charge is 2.10. The number of aliphatic hydroxyl groups excluding tert-OH is 1. The Morgan fingerprint density at radius 2 is 1.67 bits per heavy atom. The van der Waals surface area contributed by atoms with Crippen molar-refractivity contribution in [3.63, 3.8) is 0 Å². The molecule has 21 heavy (non-hydrogen) atoms. The first kappa shape index (κ1) is 13.5. The number of benzene rings is 2. The van der Waals surface area contributed by atoms with E-state index in [1.807, 2.05) is 24.3 Å². The maximum absolute atomic E-state index is 8.95. The highest BCUT2D eigenvalue weighted by molar-refractivity contribution is 5.99. The van der Waals surface area contributed by atoms with Gasteiger partial charge in [0.1, 0.15) is 5.69 Å². The predicted octanol–water partition coefficient (Wildman–Crippen LogP) is 3.01. The van der Waals surface area contributed by atoms with Crippen LogP contribution in [-0.4, -0.2) is 28.5 Å². The Kier molecular flexibility index (Phi) is 3.79. The van der Waals surface area contributed by atoms with Crippen molar-refractivity contribution in [2.24, 2.45) is 0 Å². The molecule has 0 amide bonds. The molecule has 0 saturated heterocycles. The minimum absolute atomic E-state index is 0.0652. The third-order valence-electron chi connectivity index (χ3n) is 3.42. The lowest BCUT2D eigenvalue weighted by molar-refractivity contribution is 0.311. The summed E-state index contributed by atoms with van der Waals surface area (Å²) in [5, 5.41) is 22.7. The molecule has 4 nitrogen and oxygen atoms in total. The lowest BCUT2D eigenvalue weighted by Gasteiger charge is -2.10. The molecule has 0 radical (unpaired) electrons. The molecule has 106 valence electrons. The molecule has 0 aliphatic rings. The van der Waals surface area contributed by atoms with Crippen molar-refractivity contribution in [3.8, 4) is 11.3 Å². The van der Waals surface area contributed by atoms with Gasteiger partial charge in [-0.2, -0.15) is 0 Å². The molecule has 0 bridgehead atoms. The van der Waals surface area contributed by atoms with Crippen LogP contribution in [0.5, 0.6) is 0 Å². The van der Waals surface area contributed by atoms with Gasteiger partial charge in [-0.15, -0.1) is 10.2 Å². The lowest BCUT2D eigenvalue weighted by atomic mass is 10.0. The van der Waals surface area contributed by atoms with E-state index >= 15 is 0 Å². The van der Waals surface area contributed by atoms with Gasteiger partial charge in [0.05, 0.1) is 6.61 Å². The van der Waals surface area contributed by atoms with Gasteiger partial charge in [0, 0.05) is 22.9 Å². The van der Waals surface area contributed by atoms with Gasteiger partial charge in [0.2, 0.25) is 0 Å². The maximum atomic E-state index is 8.95. The minimum Gasteiger partial charge on any atom is -0.395 e. The van der Waals surface area contributed by atoms with E-state index in [1.54, 1.807) is 0 Å². The molecule has 1 aromatic heterocycles. The van der Waals surface area contributed by atoms with Gasteiger partial charge in [-0.25, -0.2) is 0 Å². The number of hydrogen-bond acceptors (Lipinski definition) is 4. The largest absolute Gasteiger partial charge is 0.395 e. The number of hydrogen-bond donors (Lipinski definition) is 2. The van der Waals surface area contributed by atoms with Crippen LogP contribution in [0.2, 0.25) is 0 Å². The average Bonchev–Trinajstić information content (AvgIpc) is 2.53. The molecule has 0 saturated carbocycles. The standard InChI is InChI=1S/C17H17N3O/c1-12-6-8-13(9-7-12)16-14-4-2-3-5-15(14)17(20-19-16)18-10-11-21/h2-9,21H,10-11H2,1H3,(H,18,20). The Bertz CT molecular complexity index is 754. The molecule has 3 rings (SSSR count). The fourth-order valence-corrected chi connectivity index (χ4v) is 2.33. The Hall–Kier alpha value is -2.46. The second kappa shape index (κ2) is 5.89. The monoisotopic (exact) mass is 279 g/mol. The van der Waals surface area contributed by atoms with Crippen molar-refractivity contribution in [1.82, 2.24) is 10.2 Å². The first-order valence-electron chi connectivity index (χ1n) is 6.97. The van der Waals surface area contributed by atoms with Crippen molar-refractivity contribution in [2.75, 3.05) is 18.5 Å². The zero-order chi connectivity index (χ0) is 14.7. The van der Waals surface area contributed by atoms with Crippen molar-refractivity contribution >= 4 is 16.6 Å². The fourth-order valence-electron chi connectivity index (χ4n) is 2.33. The molecule has 0 spiro atoms. The van der Waals surface area contributed by atoms with Gasteiger partial charge in [0.15, 0.2) is 5.82 Å². The summed E-state index contributed by atoms with van der Waals surface area (Å²) in [6.45, 7) is 2.59. The predicted molar refractivity (Wildman–Crippen MR) is 85.3 cm³/mol. The van der Waals surface area contributed by atoms with Crippen LogP contribution in [0, 0.1) is 6.92 Å². The van der Waals surface area contributed by atoms with E-state index < -0.39 is 0 Å². The van der Waals surface area contributed by atoms with Crippen molar-refractivity contribution < 1.29 is 5.11 Å². The van der Waals surface area contributed by atoms with Gasteiger partial charge >= 0.3 is 0 Å². The van der Waals surface area contributed by atoms with E-state index in [4.69, 9.17) is 5.11 Å². The smallest absolute Gasteiger partial charge is 0.156 e. The van der Waals surface area contributed by atoms with E-state index in [0.717, 1.165) is 22.0 Å². The van der Waals surface area contributed by atoms with E-state index in [-0.39, 0.29) is 6.61 Å². The van der Waals surface area contributed by atoms with Crippen LogP contribution >= 0.6 is 0 Å². The third-order valence-corrected chi connectivity index (χ3v) is 3.42. The quantitative estimate of drug-likeness (QED) is 0.770. The molecule has 4 heteroatoms. The molecular formula is C17H17N3O. The first-order chi connectivity index (χ1) is 10.3. The molecular weight excluding hydrogens is 262 g/mol. The second-order valence-electron chi connectivity index (χ2n) is 4.96. The molecule has 0 atom stereocenters. The summed E-state index contributed by atoms with van der Waals surface area (Å²) < 4.78 is 0. The SMILES string of the molecule is Cc1ccc(-c2nnc(NCCO)c3ccccc23)cc1. The van der Waals surface area contributed by atoms with Gasteiger partial charge in [0.25, 0.3) is 0 Å². The Labute approximate surface area is 123 Å². The summed E-state index contributed by atoms with van der Waals surface area (Å²) in [5.41, 5.74) is 3.15. The fraction of sp³-hybridized carbons (Fsp3) is 0.176. The molecule has 0 aliphatic heterocycles. The number of aromatic nitrogens is 2. The zero-order valence-electron chi connectivity index (χ0n) is 11.9. The Morgan fingerprint density at radius 3 is 2.38 bits per heavy atom. The van der Waals surface area contributed by atoms with E-state index in [2.05, 4.69) is 46.7 Å². The van der Waals surface area contributed by atoms with Crippen molar-refractivity contribution in [1.29, 1.82) is 0 Å². The number of rotatable bonds is 4. The average molecular weight is 279 g/mol. The van der Waals surface area contributed by atoms with Crippen LogP contribution in [0.25, 0.3) is 22.0 Å². The van der Waals surface area contributed by atoms with E-state index in [1.165, 1.54) is 5.56 Å². The minimum atomic E-state index is 0.0652. The first-order valence-corrected chi connectivity index (χ1v) is 6.97. The Balaban J connectivity index is 2.14. The van der Waals surface area contributed by atoms with Gasteiger partial charge in [-0.3, -0.25) is 0 Å². The van der Waals surface area contributed by atoms with Gasteiger partial charge < -0.3 is 10.4 Å². The van der Waals surface area contributed by atoms with E-state index in [9.17, 15) is 0 Å². The number of aliphatic hydroxyl groups is 1. The van der Waals surface area contributed by atoms with Gasteiger partial charge in [-0.1, -0.05) is 54.1 Å². The van der Waals surface area contributed by atoms with E-state index in [0.29, 0.717) is 12.4 Å². The summed E-state index contributed by atoms with van der Waals surface area (Å²) in [7, 11) is 0. The summed E-state index contributed by atoms with van der Waals surface area (Å²) in [6.07, 6.45) is 0. The summed E-state index contributed by atoms with van der Waals surface area (Å²) in [4.78, 5) is 0. The van der Waals surface area contributed by atoms with Crippen LogP contribution in [0.4, 0.5) is 5.82 Å².